The smallest absolute Gasteiger partial charge is 0.299 e. The third-order valence-corrected chi connectivity index (χ3v) is 3.15. The molecule has 1 aliphatic heterocycles. The molecule has 3 heteroatoms. The highest BCUT2D eigenvalue weighted by Crippen LogP contribution is 2.36. The zero-order valence-electron chi connectivity index (χ0n) is 10.1. The van der Waals surface area contributed by atoms with Gasteiger partial charge in [0.05, 0.1) is 11.8 Å². The fourth-order valence-corrected chi connectivity index (χ4v) is 2.11. The summed E-state index contributed by atoms with van der Waals surface area (Å²) < 4.78 is 5.25. The van der Waals surface area contributed by atoms with E-state index in [4.69, 9.17) is 4.74 Å². The van der Waals surface area contributed by atoms with Crippen molar-refractivity contribution in [3.05, 3.63) is 78.1 Å². The van der Waals surface area contributed by atoms with E-state index in [1.165, 1.54) is 6.26 Å². The number of ketones is 1. The van der Waals surface area contributed by atoms with E-state index in [9.17, 15) is 9.90 Å². The van der Waals surface area contributed by atoms with Crippen LogP contribution in [0.2, 0.25) is 0 Å². The molecule has 1 heterocycles. The molecule has 19 heavy (non-hydrogen) atoms. The molecule has 0 saturated heterocycles. The van der Waals surface area contributed by atoms with Gasteiger partial charge < -0.3 is 9.84 Å². The average Bonchev–Trinajstić information content (AvgIpc) is 2.78. The molecule has 0 aliphatic carbocycles. The van der Waals surface area contributed by atoms with Crippen LogP contribution in [0.25, 0.3) is 5.57 Å². The normalized spacial score (nSPS) is 21.9. The third-order valence-electron chi connectivity index (χ3n) is 3.15. The number of hydrogen-bond acceptors (Lipinski definition) is 3. The van der Waals surface area contributed by atoms with Gasteiger partial charge in [0.1, 0.15) is 0 Å². The molecule has 2 aromatic rings. The molecule has 0 radical (unpaired) electrons. The van der Waals surface area contributed by atoms with Gasteiger partial charge in [0.2, 0.25) is 5.78 Å². The van der Waals surface area contributed by atoms with E-state index in [0.717, 1.165) is 5.56 Å². The van der Waals surface area contributed by atoms with E-state index in [2.05, 4.69) is 0 Å². The molecule has 0 amide bonds. The fourth-order valence-electron chi connectivity index (χ4n) is 2.11. The first-order valence-corrected chi connectivity index (χ1v) is 5.98. The zero-order valence-corrected chi connectivity index (χ0v) is 10.1. The molecule has 3 rings (SSSR count). The lowest BCUT2D eigenvalue weighted by Crippen LogP contribution is -2.33. The van der Waals surface area contributed by atoms with Crippen LogP contribution < -0.4 is 0 Å². The summed E-state index contributed by atoms with van der Waals surface area (Å²) in [4.78, 5) is 12.4. The molecule has 3 nitrogen and oxygen atoms in total. The maximum absolute atomic E-state index is 12.4. The van der Waals surface area contributed by atoms with Gasteiger partial charge >= 0.3 is 0 Å². The van der Waals surface area contributed by atoms with Crippen molar-refractivity contribution in [3.8, 4) is 0 Å². The highest BCUT2D eigenvalue weighted by Gasteiger charge is 2.46. The van der Waals surface area contributed by atoms with Crippen molar-refractivity contribution in [2.45, 2.75) is 5.79 Å². The molecule has 1 unspecified atom stereocenters. The van der Waals surface area contributed by atoms with E-state index in [0.29, 0.717) is 11.1 Å². The number of Topliss-reactive ketones (excluding diaryl/α,β-unsaturated/α-hetero) is 1. The van der Waals surface area contributed by atoms with Gasteiger partial charge in [-0.3, -0.25) is 4.79 Å². The monoisotopic (exact) mass is 252 g/mol. The van der Waals surface area contributed by atoms with Crippen molar-refractivity contribution in [2.24, 2.45) is 0 Å². The van der Waals surface area contributed by atoms with Crippen LogP contribution in [0.15, 0.2) is 66.9 Å². The van der Waals surface area contributed by atoms with Crippen molar-refractivity contribution >= 4 is 11.4 Å². The van der Waals surface area contributed by atoms with Crippen LogP contribution in [0, 0.1) is 0 Å². The molecule has 94 valence electrons. The van der Waals surface area contributed by atoms with Crippen molar-refractivity contribution < 1.29 is 14.6 Å². The topological polar surface area (TPSA) is 46.5 Å². The molecule has 0 aromatic heterocycles. The molecular weight excluding hydrogens is 240 g/mol. The Labute approximate surface area is 110 Å². The van der Waals surface area contributed by atoms with Gasteiger partial charge in [-0.1, -0.05) is 60.7 Å². The van der Waals surface area contributed by atoms with Crippen molar-refractivity contribution in [3.63, 3.8) is 0 Å². The lowest BCUT2D eigenvalue weighted by molar-refractivity contribution is -0.177. The number of ether oxygens (including phenoxy) is 1. The number of benzene rings is 2. The van der Waals surface area contributed by atoms with Crippen LogP contribution in [-0.2, 0) is 15.3 Å². The minimum absolute atomic E-state index is 0.381. The molecular formula is C16H12O3. The van der Waals surface area contributed by atoms with E-state index in [1.54, 1.807) is 24.3 Å². The Morgan fingerprint density at radius 1 is 0.895 bits per heavy atom. The second-order valence-electron chi connectivity index (χ2n) is 4.35. The Morgan fingerprint density at radius 3 is 2.11 bits per heavy atom. The van der Waals surface area contributed by atoms with E-state index in [1.807, 2.05) is 36.4 Å². The summed E-state index contributed by atoms with van der Waals surface area (Å²) in [6, 6.07) is 17.8. The number of rotatable bonds is 2. The predicted molar refractivity (Wildman–Crippen MR) is 70.8 cm³/mol. The summed E-state index contributed by atoms with van der Waals surface area (Å²) >= 11 is 0. The van der Waals surface area contributed by atoms with Crippen molar-refractivity contribution in [1.82, 2.24) is 0 Å². The summed E-state index contributed by atoms with van der Waals surface area (Å²) in [5.74, 6) is -2.35. The molecule has 0 fully saturated rings. The Bertz CT molecular complexity index is 632. The molecule has 1 aliphatic rings. The minimum Gasteiger partial charge on any atom is -0.458 e. The quantitative estimate of drug-likeness (QED) is 0.893. The SMILES string of the molecule is O=C1C(c2ccccc2)=COC1(O)c1ccccc1. The molecule has 0 bridgehead atoms. The highest BCUT2D eigenvalue weighted by molar-refractivity contribution is 6.25. The maximum atomic E-state index is 12.4. The summed E-state index contributed by atoms with van der Waals surface area (Å²) in [6.45, 7) is 0. The minimum atomic E-state index is -1.91. The largest absolute Gasteiger partial charge is 0.458 e. The first kappa shape index (κ1) is 11.7. The number of carbonyl (C=O) groups excluding carboxylic acids is 1. The Balaban J connectivity index is 1.98. The number of hydrogen-bond donors (Lipinski definition) is 1. The van der Waals surface area contributed by atoms with E-state index >= 15 is 0 Å². The molecule has 2 aromatic carbocycles. The Hall–Kier alpha value is -2.39. The van der Waals surface area contributed by atoms with Gasteiger partial charge in [0.15, 0.2) is 0 Å². The van der Waals surface area contributed by atoms with Crippen LogP contribution in [0.3, 0.4) is 0 Å². The van der Waals surface area contributed by atoms with Gasteiger partial charge in [0.25, 0.3) is 5.79 Å². The summed E-state index contributed by atoms with van der Waals surface area (Å²) in [5.41, 5.74) is 1.55. The lowest BCUT2D eigenvalue weighted by atomic mass is 9.95. The Kier molecular flexibility index (Phi) is 2.69. The summed E-state index contributed by atoms with van der Waals surface area (Å²) in [7, 11) is 0. The molecule has 0 spiro atoms. The maximum Gasteiger partial charge on any atom is 0.299 e. The van der Waals surface area contributed by atoms with Crippen molar-refractivity contribution in [1.29, 1.82) is 0 Å². The fraction of sp³-hybridized carbons (Fsp3) is 0.0625. The Morgan fingerprint density at radius 2 is 1.47 bits per heavy atom. The molecule has 0 saturated carbocycles. The van der Waals surface area contributed by atoms with Gasteiger partial charge in [-0.2, -0.15) is 0 Å². The van der Waals surface area contributed by atoms with Crippen LogP contribution in [0.5, 0.6) is 0 Å². The van der Waals surface area contributed by atoms with Gasteiger partial charge in [0, 0.05) is 5.56 Å². The van der Waals surface area contributed by atoms with E-state index in [-0.39, 0.29) is 0 Å². The average molecular weight is 252 g/mol. The van der Waals surface area contributed by atoms with Crippen LogP contribution in [-0.4, -0.2) is 10.9 Å². The molecule has 1 N–H and O–H groups in total. The second kappa shape index (κ2) is 4.37. The third kappa shape index (κ3) is 1.84. The molecule has 1 atom stereocenters. The predicted octanol–water partition coefficient (Wildman–Crippen LogP) is 2.47. The van der Waals surface area contributed by atoms with Gasteiger partial charge in [-0.05, 0) is 5.56 Å². The number of carbonyl (C=O) groups is 1. The van der Waals surface area contributed by atoms with Crippen LogP contribution in [0.1, 0.15) is 11.1 Å². The first-order valence-electron chi connectivity index (χ1n) is 5.98. The lowest BCUT2D eigenvalue weighted by Gasteiger charge is -2.20. The van der Waals surface area contributed by atoms with Crippen LogP contribution >= 0.6 is 0 Å². The highest BCUT2D eigenvalue weighted by atomic mass is 16.6. The summed E-state index contributed by atoms with van der Waals surface area (Å²) in [5, 5.41) is 10.4. The standard InChI is InChI=1S/C16H12O3/c17-15-14(12-7-3-1-4-8-12)11-19-16(15,18)13-9-5-2-6-10-13/h1-11,18H. The number of aliphatic hydroxyl groups is 1. The van der Waals surface area contributed by atoms with Gasteiger partial charge in [-0.25, -0.2) is 0 Å². The first-order chi connectivity index (χ1) is 9.22. The second-order valence-corrected chi connectivity index (χ2v) is 4.35. The van der Waals surface area contributed by atoms with E-state index < -0.39 is 11.6 Å². The van der Waals surface area contributed by atoms with Gasteiger partial charge in [-0.15, -0.1) is 0 Å². The zero-order chi connectivity index (χ0) is 13.3. The van der Waals surface area contributed by atoms with Crippen molar-refractivity contribution in [2.75, 3.05) is 0 Å². The summed E-state index contributed by atoms with van der Waals surface area (Å²) in [6.07, 6.45) is 1.32. The van der Waals surface area contributed by atoms with Crippen LogP contribution in [0.4, 0.5) is 0 Å².